The molecule has 1 aromatic rings. The highest BCUT2D eigenvalue weighted by Crippen LogP contribution is 2.45. The van der Waals surface area contributed by atoms with E-state index >= 15 is 0 Å². The van der Waals surface area contributed by atoms with Gasteiger partial charge in [-0.15, -0.1) is 0 Å². The first kappa shape index (κ1) is 11.7. The van der Waals surface area contributed by atoms with E-state index in [1.807, 2.05) is 0 Å². The Balaban J connectivity index is 2.00. The number of pyridine rings is 1. The van der Waals surface area contributed by atoms with E-state index in [0.717, 1.165) is 0 Å². The lowest BCUT2D eigenvalue weighted by molar-refractivity contribution is -0.114. The summed E-state index contributed by atoms with van der Waals surface area (Å²) in [7, 11) is 0. The first-order valence-corrected chi connectivity index (χ1v) is 5.64. The van der Waals surface area contributed by atoms with Crippen LogP contribution in [0.1, 0.15) is 26.7 Å². The molecule has 5 nitrogen and oxygen atoms in total. The maximum Gasteiger partial charge on any atom is 0.222 e. The number of hydrogen-bond donors (Lipinski definition) is 2. The lowest BCUT2D eigenvalue weighted by atomic mass is 10.2. The molecule has 1 aromatic heterocycles. The summed E-state index contributed by atoms with van der Waals surface area (Å²) < 4.78 is 5.62. The fraction of sp³-hybridized carbons (Fsp3) is 0.500. The van der Waals surface area contributed by atoms with Gasteiger partial charge in [-0.3, -0.25) is 4.79 Å². The van der Waals surface area contributed by atoms with Crippen LogP contribution in [0.5, 0.6) is 5.75 Å². The third kappa shape index (κ3) is 3.09. The molecule has 0 radical (unpaired) electrons. The van der Waals surface area contributed by atoms with Gasteiger partial charge in [0.2, 0.25) is 5.91 Å². The molecule has 1 fully saturated rings. The number of carbonyl (C=O) groups is 1. The number of ether oxygens (including phenoxy) is 1. The fourth-order valence-corrected chi connectivity index (χ4v) is 1.44. The molecule has 0 bridgehead atoms. The molecule has 0 spiro atoms. The van der Waals surface area contributed by atoms with Crippen LogP contribution < -0.4 is 15.8 Å². The highest BCUT2D eigenvalue weighted by molar-refractivity contribution is 5.88. The van der Waals surface area contributed by atoms with E-state index in [-0.39, 0.29) is 5.91 Å². The fourth-order valence-electron chi connectivity index (χ4n) is 1.44. The van der Waals surface area contributed by atoms with Crippen molar-refractivity contribution in [1.29, 1.82) is 0 Å². The summed E-state index contributed by atoms with van der Waals surface area (Å²) in [6, 6.07) is 1.60. The number of carbonyl (C=O) groups excluding carboxylic acids is 1. The minimum absolute atomic E-state index is 0.170. The number of rotatable bonds is 4. The molecule has 1 aliphatic rings. The largest absolute Gasteiger partial charge is 0.489 e. The van der Waals surface area contributed by atoms with E-state index in [0.29, 0.717) is 29.3 Å². The summed E-state index contributed by atoms with van der Waals surface area (Å²) in [5.74, 6) is 0.850. The molecule has 1 heterocycles. The smallest absolute Gasteiger partial charge is 0.222 e. The molecule has 0 atom stereocenters. The van der Waals surface area contributed by atoms with Crippen LogP contribution >= 0.6 is 0 Å². The van der Waals surface area contributed by atoms with Crippen LogP contribution in [-0.2, 0) is 4.79 Å². The molecule has 17 heavy (non-hydrogen) atoms. The average Bonchev–Trinajstić information content (AvgIpc) is 2.95. The van der Waals surface area contributed by atoms with Gasteiger partial charge in [-0.2, -0.15) is 0 Å². The second kappa shape index (κ2) is 4.24. The van der Waals surface area contributed by atoms with E-state index in [1.54, 1.807) is 12.3 Å². The zero-order valence-electron chi connectivity index (χ0n) is 10.1. The van der Waals surface area contributed by atoms with Gasteiger partial charge in [-0.05, 0) is 12.8 Å². The number of amides is 1. The molecule has 5 heteroatoms. The topological polar surface area (TPSA) is 77.2 Å². The highest BCUT2D eigenvalue weighted by Gasteiger charge is 2.38. The van der Waals surface area contributed by atoms with Crippen molar-refractivity contribution in [3.05, 3.63) is 12.3 Å². The van der Waals surface area contributed by atoms with Crippen LogP contribution in [-0.4, -0.2) is 17.5 Å². The predicted molar refractivity (Wildman–Crippen MR) is 65.8 cm³/mol. The molecule has 1 amide bonds. The molecule has 0 aliphatic heterocycles. The van der Waals surface area contributed by atoms with E-state index in [4.69, 9.17) is 10.5 Å². The quantitative estimate of drug-likeness (QED) is 0.834. The predicted octanol–water partition coefficient (Wildman–Crippen LogP) is 1.80. The van der Waals surface area contributed by atoms with Crippen LogP contribution in [0.4, 0.5) is 11.5 Å². The molecule has 0 unspecified atom stereocenters. The third-order valence-electron chi connectivity index (χ3n) is 2.88. The minimum Gasteiger partial charge on any atom is -0.489 e. The number of hydrogen-bond acceptors (Lipinski definition) is 4. The lowest BCUT2D eigenvalue weighted by Crippen LogP contribution is -2.11. The minimum atomic E-state index is -0.170. The molecular formula is C12H17N3O2. The highest BCUT2D eigenvalue weighted by atomic mass is 16.5. The third-order valence-corrected chi connectivity index (χ3v) is 2.88. The van der Waals surface area contributed by atoms with Crippen molar-refractivity contribution in [3.63, 3.8) is 0 Å². The molecule has 0 aromatic carbocycles. The second-order valence-corrected chi connectivity index (χ2v) is 4.89. The van der Waals surface area contributed by atoms with Crippen LogP contribution in [0.15, 0.2) is 12.3 Å². The van der Waals surface area contributed by atoms with Crippen LogP contribution in [0.2, 0.25) is 0 Å². The zero-order valence-corrected chi connectivity index (χ0v) is 10.1. The standard InChI is InChI=1S/C12H17N3O2/c1-8(16)15-11-5-9(13)10(6-14-11)17-7-12(2)3-4-12/h5-6H,3-4,7H2,1-2H3,(H3,13,14,15,16). The summed E-state index contributed by atoms with van der Waals surface area (Å²) in [5, 5.41) is 2.57. The van der Waals surface area contributed by atoms with Crippen molar-refractivity contribution >= 4 is 17.4 Å². The van der Waals surface area contributed by atoms with Gasteiger partial charge in [0.1, 0.15) is 5.82 Å². The molecule has 1 aliphatic carbocycles. The van der Waals surface area contributed by atoms with Gasteiger partial charge in [0.15, 0.2) is 5.75 Å². The van der Waals surface area contributed by atoms with Crippen molar-refractivity contribution < 1.29 is 9.53 Å². The number of nitrogen functional groups attached to an aromatic ring is 1. The Morgan fingerprint density at radius 1 is 1.65 bits per heavy atom. The lowest BCUT2D eigenvalue weighted by Gasteiger charge is -2.13. The van der Waals surface area contributed by atoms with E-state index in [9.17, 15) is 4.79 Å². The van der Waals surface area contributed by atoms with Gasteiger partial charge in [-0.1, -0.05) is 6.92 Å². The molecule has 92 valence electrons. The van der Waals surface area contributed by atoms with Crippen LogP contribution in [0.25, 0.3) is 0 Å². The van der Waals surface area contributed by atoms with Crippen molar-refractivity contribution in [3.8, 4) is 5.75 Å². The monoisotopic (exact) mass is 235 g/mol. The Morgan fingerprint density at radius 3 is 2.88 bits per heavy atom. The summed E-state index contributed by atoms with van der Waals surface area (Å²) >= 11 is 0. The normalized spacial score (nSPS) is 16.4. The molecule has 2 rings (SSSR count). The van der Waals surface area contributed by atoms with Gasteiger partial charge >= 0.3 is 0 Å². The van der Waals surface area contributed by atoms with Crippen LogP contribution in [0, 0.1) is 5.41 Å². The van der Waals surface area contributed by atoms with Crippen molar-refractivity contribution in [2.75, 3.05) is 17.7 Å². The van der Waals surface area contributed by atoms with Crippen molar-refractivity contribution in [1.82, 2.24) is 4.98 Å². The molecule has 1 saturated carbocycles. The first-order chi connectivity index (χ1) is 7.98. The molecular weight excluding hydrogens is 218 g/mol. The Labute approximate surface area is 100 Å². The Hall–Kier alpha value is -1.78. The second-order valence-electron chi connectivity index (χ2n) is 4.89. The number of nitrogens with one attached hydrogen (secondary N) is 1. The number of aromatic nitrogens is 1. The van der Waals surface area contributed by atoms with Crippen molar-refractivity contribution in [2.24, 2.45) is 5.41 Å². The van der Waals surface area contributed by atoms with Gasteiger partial charge in [0.25, 0.3) is 0 Å². The average molecular weight is 235 g/mol. The van der Waals surface area contributed by atoms with Gasteiger partial charge < -0.3 is 15.8 Å². The van der Waals surface area contributed by atoms with Gasteiger partial charge in [0.05, 0.1) is 18.5 Å². The van der Waals surface area contributed by atoms with Gasteiger partial charge in [0, 0.05) is 18.4 Å². The SMILES string of the molecule is CC(=O)Nc1cc(N)c(OCC2(C)CC2)cn1. The molecule has 0 saturated heterocycles. The summed E-state index contributed by atoms with van der Waals surface area (Å²) in [6.45, 7) is 4.27. The van der Waals surface area contributed by atoms with Gasteiger partial charge in [-0.25, -0.2) is 4.98 Å². The van der Waals surface area contributed by atoms with E-state index < -0.39 is 0 Å². The number of nitrogens with two attached hydrogens (primary N) is 1. The summed E-state index contributed by atoms with van der Waals surface area (Å²) in [5.41, 5.74) is 6.63. The summed E-state index contributed by atoms with van der Waals surface area (Å²) in [6.07, 6.45) is 3.95. The number of anilines is 2. The summed E-state index contributed by atoms with van der Waals surface area (Å²) in [4.78, 5) is 14.9. The maximum atomic E-state index is 10.9. The number of nitrogens with zero attached hydrogens (tertiary/aromatic N) is 1. The van der Waals surface area contributed by atoms with Crippen LogP contribution in [0.3, 0.4) is 0 Å². The van der Waals surface area contributed by atoms with E-state index in [1.165, 1.54) is 19.8 Å². The van der Waals surface area contributed by atoms with Crippen molar-refractivity contribution in [2.45, 2.75) is 26.7 Å². The Bertz CT molecular complexity index is 441. The van der Waals surface area contributed by atoms with E-state index in [2.05, 4.69) is 17.2 Å². The zero-order chi connectivity index (χ0) is 12.5. The Morgan fingerprint density at radius 2 is 2.35 bits per heavy atom. The first-order valence-electron chi connectivity index (χ1n) is 5.64. The molecule has 3 N–H and O–H groups in total. The maximum absolute atomic E-state index is 10.9. The Kier molecular flexibility index (Phi) is 2.92.